The molecule has 15 heavy (non-hydrogen) atoms. The molecule has 80 valence electrons. The Morgan fingerprint density at radius 1 is 1.60 bits per heavy atom. The van der Waals surface area contributed by atoms with E-state index in [1.165, 1.54) is 24.9 Å². The molecule has 6 heteroatoms. The average molecular weight is 226 g/mol. The molecule has 0 radical (unpaired) electrons. The largest absolute Gasteiger partial charge is 0.490 e. The van der Waals surface area contributed by atoms with Crippen molar-refractivity contribution in [3.63, 3.8) is 0 Å². The maximum atomic E-state index is 10.7. The molecule has 1 aromatic carbocycles. The molecule has 0 saturated carbocycles. The van der Waals surface area contributed by atoms with Crippen LogP contribution in [0.4, 0.5) is 5.69 Å². The van der Waals surface area contributed by atoms with Gasteiger partial charge in [0.05, 0.1) is 22.6 Å². The highest BCUT2D eigenvalue weighted by molar-refractivity contribution is 8.13. The zero-order chi connectivity index (χ0) is 11.4. The van der Waals surface area contributed by atoms with Crippen LogP contribution in [0.15, 0.2) is 18.2 Å². The van der Waals surface area contributed by atoms with Gasteiger partial charge in [-0.25, -0.2) is 0 Å². The number of hydrogen-bond donors (Lipinski definition) is 1. The van der Waals surface area contributed by atoms with E-state index in [1.54, 1.807) is 18.4 Å². The molecule has 0 unspecified atom stereocenters. The Balaban J connectivity index is 3.34. The van der Waals surface area contributed by atoms with E-state index in [0.717, 1.165) is 0 Å². The van der Waals surface area contributed by atoms with Crippen molar-refractivity contribution in [3.05, 3.63) is 33.9 Å². The monoisotopic (exact) mass is 226 g/mol. The summed E-state index contributed by atoms with van der Waals surface area (Å²) in [5.74, 6) is 0.141. The van der Waals surface area contributed by atoms with Crippen LogP contribution in [0.25, 0.3) is 0 Å². The number of nitro benzene ring substituents is 1. The highest BCUT2D eigenvalue weighted by Gasteiger charge is 2.19. The van der Waals surface area contributed by atoms with E-state index in [0.29, 0.717) is 5.56 Å². The number of benzene rings is 1. The summed E-state index contributed by atoms with van der Waals surface area (Å²) in [6.45, 7) is 0. The summed E-state index contributed by atoms with van der Waals surface area (Å²) in [7, 11) is 1.36. The molecular formula is C9H10N2O3S. The van der Waals surface area contributed by atoms with E-state index >= 15 is 0 Å². The molecule has 0 aliphatic carbocycles. The minimum atomic E-state index is -0.518. The maximum absolute atomic E-state index is 10.7. The van der Waals surface area contributed by atoms with E-state index in [4.69, 9.17) is 10.1 Å². The minimum Gasteiger partial charge on any atom is -0.490 e. The van der Waals surface area contributed by atoms with E-state index in [9.17, 15) is 10.1 Å². The van der Waals surface area contributed by atoms with Gasteiger partial charge in [-0.2, -0.15) is 0 Å². The van der Waals surface area contributed by atoms with Crippen LogP contribution in [0.2, 0.25) is 0 Å². The lowest BCUT2D eigenvalue weighted by Gasteiger charge is -2.07. The number of nitrogens with zero attached hydrogens (tertiary/aromatic N) is 1. The first kappa shape index (κ1) is 11.5. The van der Waals surface area contributed by atoms with Crippen molar-refractivity contribution in [2.24, 2.45) is 0 Å². The van der Waals surface area contributed by atoms with Gasteiger partial charge in [0.1, 0.15) is 0 Å². The second-order valence-corrected chi connectivity index (χ2v) is 3.46. The third-order valence-corrected chi connectivity index (χ3v) is 2.47. The Morgan fingerprint density at radius 3 is 2.73 bits per heavy atom. The fourth-order valence-corrected chi connectivity index (χ4v) is 1.55. The Kier molecular flexibility index (Phi) is 3.68. The second kappa shape index (κ2) is 4.79. The number of hydrogen-bond acceptors (Lipinski definition) is 5. The molecule has 1 rings (SSSR count). The predicted molar refractivity (Wildman–Crippen MR) is 60.0 cm³/mol. The molecule has 0 atom stereocenters. The van der Waals surface area contributed by atoms with Gasteiger partial charge in [0.15, 0.2) is 0 Å². The number of thioether (sulfide) groups is 1. The number of methoxy groups -OCH3 is 1. The summed E-state index contributed by atoms with van der Waals surface area (Å²) in [5.41, 5.74) is 0.327. The topological polar surface area (TPSA) is 76.2 Å². The summed E-state index contributed by atoms with van der Waals surface area (Å²) in [4.78, 5) is 10.2. The van der Waals surface area contributed by atoms with Crippen molar-refractivity contribution in [2.75, 3.05) is 13.4 Å². The first-order valence-corrected chi connectivity index (χ1v) is 5.28. The molecule has 0 fully saturated rings. The third-order valence-electron chi connectivity index (χ3n) is 1.84. The zero-order valence-corrected chi connectivity index (χ0v) is 9.13. The maximum Gasteiger partial charge on any atom is 0.311 e. The van der Waals surface area contributed by atoms with Crippen molar-refractivity contribution in [1.82, 2.24) is 0 Å². The second-order valence-electron chi connectivity index (χ2n) is 2.65. The fourth-order valence-electron chi connectivity index (χ4n) is 1.17. The van der Waals surface area contributed by atoms with Crippen LogP contribution in [0.3, 0.4) is 0 Å². The van der Waals surface area contributed by atoms with Crippen molar-refractivity contribution in [1.29, 1.82) is 5.41 Å². The lowest BCUT2D eigenvalue weighted by atomic mass is 10.2. The van der Waals surface area contributed by atoms with Gasteiger partial charge in [-0.15, -0.1) is 11.8 Å². The number of nitrogens with one attached hydrogen (secondary N) is 1. The van der Waals surface area contributed by atoms with Crippen LogP contribution in [0.1, 0.15) is 5.56 Å². The van der Waals surface area contributed by atoms with E-state index in [1.807, 2.05) is 0 Å². The summed E-state index contributed by atoms with van der Waals surface area (Å²) < 4.78 is 4.96. The quantitative estimate of drug-likeness (QED) is 0.371. The van der Waals surface area contributed by atoms with E-state index < -0.39 is 4.92 Å². The van der Waals surface area contributed by atoms with E-state index in [2.05, 4.69) is 0 Å². The number of para-hydroxylation sites is 1. The molecule has 0 bridgehead atoms. The van der Waals surface area contributed by atoms with Gasteiger partial charge in [-0.05, 0) is 12.3 Å². The van der Waals surface area contributed by atoms with Gasteiger partial charge in [-0.3, -0.25) is 15.5 Å². The van der Waals surface area contributed by atoms with Crippen LogP contribution in [-0.4, -0.2) is 23.3 Å². The highest BCUT2D eigenvalue weighted by Crippen LogP contribution is 2.32. The Morgan fingerprint density at radius 2 is 2.27 bits per heavy atom. The highest BCUT2D eigenvalue weighted by atomic mass is 32.2. The molecule has 0 aromatic heterocycles. The van der Waals surface area contributed by atoms with Gasteiger partial charge in [-0.1, -0.05) is 6.07 Å². The molecule has 0 amide bonds. The van der Waals surface area contributed by atoms with Crippen molar-refractivity contribution in [2.45, 2.75) is 0 Å². The molecule has 0 spiro atoms. The average Bonchev–Trinajstić information content (AvgIpc) is 2.26. The van der Waals surface area contributed by atoms with Gasteiger partial charge >= 0.3 is 5.69 Å². The Hall–Kier alpha value is -1.56. The van der Waals surface area contributed by atoms with Crippen LogP contribution >= 0.6 is 11.8 Å². The molecule has 0 heterocycles. The lowest BCUT2D eigenvalue weighted by molar-refractivity contribution is -0.385. The molecule has 0 saturated heterocycles. The number of ether oxygens (including phenoxy) is 1. The molecule has 5 nitrogen and oxygen atoms in total. The summed E-state index contributed by atoms with van der Waals surface area (Å²) >= 11 is 1.21. The van der Waals surface area contributed by atoms with Crippen molar-refractivity contribution in [3.8, 4) is 5.75 Å². The Bertz CT molecular complexity index is 406. The van der Waals surface area contributed by atoms with Crippen LogP contribution in [0, 0.1) is 15.5 Å². The van der Waals surface area contributed by atoms with Gasteiger partial charge in [0.25, 0.3) is 0 Å². The predicted octanol–water partition coefficient (Wildman–Crippen LogP) is 2.29. The summed E-state index contributed by atoms with van der Waals surface area (Å²) in [6, 6.07) is 4.53. The first-order valence-electron chi connectivity index (χ1n) is 4.06. The summed E-state index contributed by atoms with van der Waals surface area (Å²) in [5, 5.41) is 18.6. The number of rotatable bonds is 3. The zero-order valence-electron chi connectivity index (χ0n) is 8.31. The molecule has 1 N–H and O–H groups in total. The number of nitro groups is 1. The van der Waals surface area contributed by atoms with Gasteiger partial charge in [0.2, 0.25) is 5.75 Å². The SMILES string of the molecule is COc1c(C(=N)SC)cccc1[N+](=O)[O-]. The molecule has 0 aliphatic heterocycles. The fraction of sp³-hybridized carbons (Fsp3) is 0.222. The van der Waals surface area contributed by atoms with Crippen LogP contribution in [-0.2, 0) is 0 Å². The summed E-state index contributed by atoms with van der Waals surface area (Å²) in [6.07, 6.45) is 1.74. The van der Waals surface area contributed by atoms with Gasteiger partial charge < -0.3 is 4.74 Å². The molecular weight excluding hydrogens is 216 g/mol. The first-order chi connectivity index (χ1) is 7.11. The Labute approximate surface area is 91.1 Å². The molecule has 0 aliphatic rings. The van der Waals surface area contributed by atoms with Crippen LogP contribution < -0.4 is 4.74 Å². The lowest BCUT2D eigenvalue weighted by Crippen LogP contribution is -2.01. The third kappa shape index (κ3) is 2.27. The van der Waals surface area contributed by atoms with Gasteiger partial charge in [0, 0.05) is 6.07 Å². The van der Waals surface area contributed by atoms with Crippen molar-refractivity contribution >= 4 is 22.5 Å². The van der Waals surface area contributed by atoms with E-state index in [-0.39, 0.29) is 16.5 Å². The standard InChI is InChI=1S/C9H10N2O3S/c1-14-8-6(9(10)15-2)4-3-5-7(8)11(12)13/h3-5,10H,1-2H3. The molecule has 1 aromatic rings. The van der Waals surface area contributed by atoms with Crippen molar-refractivity contribution < 1.29 is 9.66 Å². The smallest absolute Gasteiger partial charge is 0.311 e. The van der Waals surface area contributed by atoms with Crippen LogP contribution in [0.5, 0.6) is 5.75 Å². The minimum absolute atomic E-state index is 0.117. The normalized spacial score (nSPS) is 9.73.